The first-order valence-corrected chi connectivity index (χ1v) is 8.74. The van der Waals surface area contributed by atoms with Crippen LogP contribution < -0.4 is 5.32 Å². The molecule has 0 bridgehead atoms. The Hall–Kier alpha value is -3.09. The van der Waals surface area contributed by atoms with Crippen molar-refractivity contribution in [2.24, 2.45) is 0 Å². The number of hydrogen-bond donors (Lipinski definition) is 1. The van der Waals surface area contributed by atoms with Crippen molar-refractivity contribution in [1.82, 2.24) is 25.4 Å². The van der Waals surface area contributed by atoms with E-state index in [0.717, 1.165) is 19.3 Å². The predicted octanol–water partition coefficient (Wildman–Crippen LogP) is 2.13. The first-order valence-electron chi connectivity index (χ1n) is 8.74. The van der Waals surface area contributed by atoms with Gasteiger partial charge in [-0.25, -0.2) is 9.97 Å². The number of fused-ring (bicyclic) bond motifs is 1. The van der Waals surface area contributed by atoms with Crippen LogP contribution in [0.25, 0.3) is 11.6 Å². The molecule has 132 valence electrons. The number of hydrogen-bond acceptors (Lipinski definition) is 6. The average molecular weight is 349 g/mol. The minimum Gasteiger partial charge on any atom is -0.353 e. The lowest BCUT2D eigenvalue weighted by Crippen LogP contribution is -2.38. The maximum Gasteiger partial charge on any atom is 0.240 e. The zero-order chi connectivity index (χ0) is 17.8. The van der Waals surface area contributed by atoms with Gasteiger partial charge in [-0.3, -0.25) is 4.79 Å². The summed E-state index contributed by atoms with van der Waals surface area (Å²) < 4.78 is 5.18. The molecule has 1 aliphatic carbocycles. The van der Waals surface area contributed by atoms with E-state index >= 15 is 0 Å². The summed E-state index contributed by atoms with van der Waals surface area (Å²) in [5, 5.41) is 6.98. The van der Waals surface area contributed by atoms with E-state index in [4.69, 9.17) is 4.52 Å². The van der Waals surface area contributed by atoms with Crippen LogP contribution in [0.1, 0.15) is 29.9 Å². The van der Waals surface area contributed by atoms with Crippen LogP contribution in [0.5, 0.6) is 0 Å². The van der Waals surface area contributed by atoms with Crippen LogP contribution in [0.3, 0.4) is 0 Å². The normalized spacial score (nSPS) is 16.1. The second kappa shape index (κ2) is 7.43. The summed E-state index contributed by atoms with van der Waals surface area (Å²) in [5.41, 5.74) is 2.72. The molecule has 1 amide bonds. The second-order valence-electron chi connectivity index (χ2n) is 6.36. The molecule has 0 unspecified atom stereocenters. The van der Waals surface area contributed by atoms with Gasteiger partial charge in [0.15, 0.2) is 0 Å². The number of nitrogens with zero attached hydrogens (tertiary/aromatic N) is 4. The van der Waals surface area contributed by atoms with Crippen molar-refractivity contribution in [1.29, 1.82) is 0 Å². The highest BCUT2D eigenvalue weighted by molar-refractivity contribution is 5.76. The second-order valence-corrected chi connectivity index (χ2v) is 6.36. The first kappa shape index (κ1) is 16.4. The van der Waals surface area contributed by atoms with E-state index in [1.165, 1.54) is 11.1 Å². The molecule has 0 saturated carbocycles. The first-order chi connectivity index (χ1) is 12.8. The summed E-state index contributed by atoms with van der Waals surface area (Å²) >= 11 is 0. The number of aryl methyl sites for hydroxylation is 2. The van der Waals surface area contributed by atoms with Gasteiger partial charge in [-0.15, -0.1) is 0 Å². The highest BCUT2D eigenvalue weighted by Gasteiger charge is 2.20. The predicted molar refractivity (Wildman–Crippen MR) is 94.0 cm³/mol. The lowest BCUT2D eigenvalue weighted by Gasteiger charge is -2.25. The summed E-state index contributed by atoms with van der Waals surface area (Å²) in [6.45, 7) is 0. The van der Waals surface area contributed by atoms with Gasteiger partial charge < -0.3 is 9.84 Å². The number of nitrogens with one attached hydrogen (secondary N) is 1. The van der Waals surface area contributed by atoms with E-state index in [0.29, 0.717) is 30.4 Å². The number of benzene rings is 1. The summed E-state index contributed by atoms with van der Waals surface area (Å²) in [4.78, 5) is 24.6. The highest BCUT2D eigenvalue weighted by Crippen LogP contribution is 2.21. The van der Waals surface area contributed by atoms with Crippen LogP contribution >= 0.6 is 0 Å². The number of carbonyl (C=O) groups is 1. The lowest BCUT2D eigenvalue weighted by atomic mass is 9.88. The van der Waals surface area contributed by atoms with Gasteiger partial charge in [-0.05, 0) is 36.5 Å². The standard InChI is InChI=1S/C19H19N5O2/c25-16(22-15-7-6-13-4-1-2-5-14(13)12-15)8-9-17-23-19(24-26-17)18-20-10-3-11-21-18/h1-5,10-11,15H,6-9,12H2,(H,22,25)/t15-/m0/s1. The Morgan fingerprint density at radius 1 is 1.12 bits per heavy atom. The van der Waals surface area contributed by atoms with E-state index in [1.807, 2.05) is 6.07 Å². The molecule has 7 nitrogen and oxygen atoms in total. The van der Waals surface area contributed by atoms with Crippen LogP contribution in [0, 0.1) is 0 Å². The van der Waals surface area contributed by atoms with Gasteiger partial charge in [0, 0.05) is 31.3 Å². The Bertz CT molecular complexity index is 894. The van der Waals surface area contributed by atoms with E-state index in [1.54, 1.807) is 18.5 Å². The fourth-order valence-electron chi connectivity index (χ4n) is 3.20. The zero-order valence-electron chi connectivity index (χ0n) is 14.3. The summed E-state index contributed by atoms with van der Waals surface area (Å²) in [5.74, 6) is 1.17. The molecule has 7 heteroatoms. The lowest BCUT2D eigenvalue weighted by molar-refractivity contribution is -0.121. The fraction of sp³-hybridized carbons (Fsp3) is 0.316. The van der Waals surface area contributed by atoms with E-state index in [9.17, 15) is 4.79 Å². The van der Waals surface area contributed by atoms with E-state index < -0.39 is 0 Å². The van der Waals surface area contributed by atoms with Crippen molar-refractivity contribution in [3.8, 4) is 11.6 Å². The molecule has 26 heavy (non-hydrogen) atoms. The van der Waals surface area contributed by atoms with Crippen molar-refractivity contribution in [3.63, 3.8) is 0 Å². The number of carbonyl (C=O) groups excluding carboxylic acids is 1. The van der Waals surface area contributed by atoms with Gasteiger partial charge in [0.25, 0.3) is 0 Å². The molecule has 4 rings (SSSR count). The quantitative estimate of drug-likeness (QED) is 0.758. The molecule has 2 aromatic heterocycles. The van der Waals surface area contributed by atoms with Crippen molar-refractivity contribution in [3.05, 3.63) is 59.7 Å². The van der Waals surface area contributed by atoms with Gasteiger partial charge in [0.05, 0.1) is 0 Å². The zero-order valence-corrected chi connectivity index (χ0v) is 14.3. The number of rotatable bonds is 5. The molecule has 0 aliphatic heterocycles. The van der Waals surface area contributed by atoms with Crippen LogP contribution in [0.2, 0.25) is 0 Å². The number of aromatic nitrogens is 4. The van der Waals surface area contributed by atoms with Crippen molar-refractivity contribution >= 4 is 5.91 Å². The summed E-state index contributed by atoms with van der Waals surface area (Å²) in [7, 11) is 0. The minimum atomic E-state index is 0.00472. The van der Waals surface area contributed by atoms with Crippen molar-refractivity contribution < 1.29 is 9.32 Å². The van der Waals surface area contributed by atoms with Gasteiger partial charge >= 0.3 is 0 Å². The third kappa shape index (κ3) is 3.77. The van der Waals surface area contributed by atoms with E-state index in [2.05, 4.69) is 43.6 Å². The van der Waals surface area contributed by atoms with Gasteiger partial charge in [0.2, 0.25) is 23.4 Å². The van der Waals surface area contributed by atoms with Gasteiger partial charge in [-0.2, -0.15) is 4.98 Å². The van der Waals surface area contributed by atoms with Crippen LogP contribution in [-0.2, 0) is 24.1 Å². The highest BCUT2D eigenvalue weighted by atomic mass is 16.5. The Labute approximate surface area is 150 Å². The molecule has 1 aliphatic rings. The molecule has 2 heterocycles. The number of amides is 1. The summed E-state index contributed by atoms with van der Waals surface area (Å²) in [6, 6.07) is 10.3. The largest absolute Gasteiger partial charge is 0.353 e. The van der Waals surface area contributed by atoms with Gasteiger partial charge in [-0.1, -0.05) is 29.4 Å². The molecule has 1 N–H and O–H groups in total. The molecule has 0 fully saturated rings. The van der Waals surface area contributed by atoms with Crippen LogP contribution in [0.4, 0.5) is 0 Å². The molecular formula is C19H19N5O2. The van der Waals surface area contributed by atoms with Crippen molar-refractivity contribution in [2.75, 3.05) is 0 Å². The Kier molecular flexibility index (Phi) is 4.68. The summed E-state index contributed by atoms with van der Waals surface area (Å²) in [6.07, 6.45) is 6.81. The van der Waals surface area contributed by atoms with E-state index in [-0.39, 0.29) is 11.9 Å². The molecule has 1 atom stereocenters. The molecule has 0 spiro atoms. The van der Waals surface area contributed by atoms with Crippen molar-refractivity contribution in [2.45, 2.75) is 38.1 Å². The van der Waals surface area contributed by atoms with Gasteiger partial charge in [0.1, 0.15) is 0 Å². The third-order valence-electron chi connectivity index (χ3n) is 4.51. The smallest absolute Gasteiger partial charge is 0.240 e. The molecule has 0 radical (unpaired) electrons. The maximum absolute atomic E-state index is 12.2. The topological polar surface area (TPSA) is 93.8 Å². The molecular weight excluding hydrogens is 330 g/mol. The van der Waals surface area contributed by atoms with Crippen LogP contribution in [-0.4, -0.2) is 32.1 Å². The Morgan fingerprint density at radius 2 is 1.92 bits per heavy atom. The third-order valence-corrected chi connectivity index (χ3v) is 4.51. The fourth-order valence-corrected chi connectivity index (χ4v) is 3.20. The Balaban J connectivity index is 1.29. The molecule has 3 aromatic rings. The monoisotopic (exact) mass is 349 g/mol. The molecule has 0 saturated heterocycles. The average Bonchev–Trinajstić information content (AvgIpc) is 3.16. The SMILES string of the molecule is O=C(CCc1nc(-c2ncccn2)no1)N[C@H]1CCc2ccccc2C1. The minimum absolute atomic E-state index is 0.00472. The Morgan fingerprint density at radius 3 is 2.77 bits per heavy atom. The van der Waals surface area contributed by atoms with Crippen LogP contribution in [0.15, 0.2) is 47.2 Å². The maximum atomic E-state index is 12.2. The molecule has 1 aromatic carbocycles.